The van der Waals surface area contributed by atoms with E-state index in [0.29, 0.717) is 32.5 Å². The van der Waals surface area contributed by atoms with E-state index in [0.717, 1.165) is 0 Å². The number of rotatable bonds is 10. The van der Waals surface area contributed by atoms with E-state index in [1.54, 1.807) is 0 Å². The summed E-state index contributed by atoms with van der Waals surface area (Å²) in [5.41, 5.74) is -0.522. The van der Waals surface area contributed by atoms with Crippen molar-refractivity contribution in [1.82, 2.24) is 5.32 Å². The number of phosphoric ester groups is 1. The molecule has 2 unspecified atom stereocenters. The number of hydrogen-bond acceptors (Lipinski definition) is 7. The second-order valence-electron chi connectivity index (χ2n) is 8.96. The lowest BCUT2D eigenvalue weighted by Crippen LogP contribution is -2.54. The molecule has 0 bridgehead atoms. The molecule has 9 nitrogen and oxygen atoms in total. The Bertz CT molecular complexity index is 534. The maximum absolute atomic E-state index is 11.2. The number of phosphoric acid groups is 1. The highest BCUT2D eigenvalue weighted by molar-refractivity contribution is 7.46. The molecule has 2 atom stereocenters. The van der Waals surface area contributed by atoms with Gasteiger partial charge in [-0.2, -0.15) is 0 Å². The normalized spacial score (nSPS) is 29.3. The minimum absolute atomic E-state index is 0.0854. The van der Waals surface area contributed by atoms with Gasteiger partial charge in [-0.1, -0.05) is 13.8 Å². The van der Waals surface area contributed by atoms with Crippen LogP contribution in [0.5, 0.6) is 0 Å². The van der Waals surface area contributed by atoms with Crippen molar-refractivity contribution in [3.05, 3.63) is 0 Å². The van der Waals surface area contributed by atoms with Crippen LogP contribution in [0, 0.1) is 0 Å². The zero-order valence-corrected chi connectivity index (χ0v) is 18.7. The maximum atomic E-state index is 11.2. The Morgan fingerprint density at radius 3 is 1.86 bits per heavy atom. The summed E-state index contributed by atoms with van der Waals surface area (Å²) in [6.45, 7) is 12.4. The van der Waals surface area contributed by atoms with Gasteiger partial charge in [-0.3, -0.25) is 4.52 Å². The fourth-order valence-electron chi connectivity index (χ4n) is 4.05. The van der Waals surface area contributed by atoms with Crippen LogP contribution in [0.15, 0.2) is 0 Å². The summed E-state index contributed by atoms with van der Waals surface area (Å²) in [6, 6.07) is 0.140. The predicted molar refractivity (Wildman–Crippen MR) is 103 cm³/mol. The van der Waals surface area contributed by atoms with Gasteiger partial charge in [0, 0.05) is 11.6 Å². The van der Waals surface area contributed by atoms with Crippen LogP contribution in [0.3, 0.4) is 0 Å². The van der Waals surface area contributed by atoms with Gasteiger partial charge in [-0.15, -0.1) is 0 Å². The van der Waals surface area contributed by atoms with E-state index in [9.17, 15) is 4.57 Å². The van der Waals surface area contributed by atoms with Crippen molar-refractivity contribution < 1.29 is 37.8 Å². The van der Waals surface area contributed by atoms with E-state index >= 15 is 0 Å². The van der Waals surface area contributed by atoms with Crippen LogP contribution in [-0.4, -0.2) is 65.0 Å². The Balaban J connectivity index is 2.16. The molecule has 2 aliphatic rings. The first kappa shape index (κ1) is 24.2. The molecule has 10 heteroatoms. The summed E-state index contributed by atoms with van der Waals surface area (Å²) >= 11 is 0. The second kappa shape index (κ2) is 8.96. The summed E-state index contributed by atoms with van der Waals surface area (Å²) in [4.78, 5) is 18.2. The molecule has 2 aliphatic heterocycles. The Morgan fingerprint density at radius 1 is 1.07 bits per heavy atom. The quantitative estimate of drug-likeness (QED) is 0.453. The van der Waals surface area contributed by atoms with Gasteiger partial charge < -0.3 is 34.1 Å². The average molecular weight is 425 g/mol. The lowest BCUT2D eigenvalue weighted by atomic mass is 9.82. The van der Waals surface area contributed by atoms with Gasteiger partial charge in [0.05, 0.1) is 32.0 Å². The molecule has 2 rings (SSSR count). The molecule has 0 radical (unpaired) electrons. The van der Waals surface area contributed by atoms with Crippen molar-refractivity contribution in [2.75, 3.05) is 19.8 Å². The van der Waals surface area contributed by atoms with Gasteiger partial charge in [0.2, 0.25) is 0 Å². The zero-order chi connectivity index (χ0) is 21.2. The van der Waals surface area contributed by atoms with E-state index in [-0.39, 0.29) is 24.9 Å². The molecule has 3 N–H and O–H groups in total. The summed E-state index contributed by atoms with van der Waals surface area (Å²) in [6.07, 6.45) is 1.29. The molecule has 2 heterocycles. The van der Waals surface area contributed by atoms with Gasteiger partial charge in [0.15, 0.2) is 11.6 Å². The Morgan fingerprint density at radius 2 is 1.54 bits per heavy atom. The van der Waals surface area contributed by atoms with Crippen molar-refractivity contribution in [3.63, 3.8) is 0 Å². The molecule has 2 fully saturated rings. The minimum Gasteiger partial charge on any atom is -0.348 e. The molecular formula is C18H36NO8P. The molecule has 166 valence electrons. The van der Waals surface area contributed by atoms with Crippen LogP contribution in [0.2, 0.25) is 0 Å². The van der Waals surface area contributed by atoms with Crippen LogP contribution in [-0.2, 0) is 28.0 Å². The summed E-state index contributed by atoms with van der Waals surface area (Å²) in [5.74, 6) is -1.29. The van der Waals surface area contributed by atoms with Gasteiger partial charge in [0.25, 0.3) is 0 Å². The largest absolute Gasteiger partial charge is 0.469 e. The van der Waals surface area contributed by atoms with Gasteiger partial charge in [0.1, 0.15) is 0 Å². The van der Waals surface area contributed by atoms with E-state index in [1.165, 1.54) is 0 Å². The second-order valence-corrected chi connectivity index (χ2v) is 10.2. The number of ether oxygens (including phenoxy) is 4. The van der Waals surface area contributed by atoms with Crippen LogP contribution >= 0.6 is 7.82 Å². The fourth-order valence-corrected chi connectivity index (χ4v) is 4.38. The van der Waals surface area contributed by atoms with Crippen molar-refractivity contribution in [1.29, 1.82) is 0 Å². The zero-order valence-electron chi connectivity index (χ0n) is 17.8. The van der Waals surface area contributed by atoms with Gasteiger partial charge >= 0.3 is 7.82 Å². The molecule has 0 spiro atoms. The number of hydrogen-bond donors (Lipinski definition) is 3. The highest BCUT2D eigenvalue weighted by Gasteiger charge is 2.44. The molecule has 0 aromatic carbocycles. The van der Waals surface area contributed by atoms with Gasteiger partial charge in [-0.25, -0.2) is 4.57 Å². The third kappa shape index (κ3) is 7.97. The van der Waals surface area contributed by atoms with Crippen LogP contribution in [0.1, 0.15) is 60.8 Å². The smallest absolute Gasteiger partial charge is 0.348 e. The van der Waals surface area contributed by atoms with Crippen molar-refractivity contribution >= 4 is 7.82 Å². The molecule has 0 aromatic heterocycles. The van der Waals surface area contributed by atoms with Crippen molar-refractivity contribution in [3.8, 4) is 0 Å². The van der Waals surface area contributed by atoms with Crippen LogP contribution in [0.25, 0.3) is 0 Å². The van der Waals surface area contributed by atoms with Crippen molar-refractivity contribution in [2.45, 2.75) is 96.2 Å². The average Bonchev–Trinajstić information content (AvgIpc) is 2.98. The van der Waals surface area contributed by atoms with E-state index in [1.807, 2.05) is 41.5 Å². The summed E-state index contributed by atoms with van der Waals surface area (Å²) < 4.78 is 39.3. The molecule has 0 aromatic rings. The molecule has 2 saturated heterocycles. The molecule has 0 saturated carbocycles. The number of nitrogens with one attached hydrogen (secondary N) is 1. The van der Waals surface area contributed by atoms with Crippen LogP contribution < -0.4 is 5.32 Å². The van der Waals surface area contributed by atoms with Crippen LogP contribution in [0.4, 0.5) is 0 Å². The first-order valence-corrected chi connectivity index (χ1v) is 11.3. The molecule has 0 aliphatic carbocycles. The highest BCUT2D eigenvalue weighted by atomic mass is 31.2. The van der Waals surface area contributed by atoms with E-state index in [4.69, 9.17) is 33.3 Å². The Labute approximate surface area is 167 Å². The molecular weight excluding hydrogens is 389 g/mol. The summed E-state index contributed by atoms with van der Waals surface area (Å²) in [7, 11) is -4.54. The lowest BCUT2D eigenvalue weighted by molar-refractivity contribution is -0.146. The van der Waals surface area contributed by atoms with Gasteiger partial charge in [-0.05, 0) is 47.0 Å². The highest BCUT2D eigenvalue weighted by Crippen LogP contribution is 2.39. The topological polar surface area (TPSA) is 116 Å². The van der Waals surface area contributed by atoms with Crippen molar-refractivity contribution in [2.24, 2.45) is 0 Å². The molecule has 28 heavy (non-hydrogen) atoms. The molecule has 0 amide bonds. The SMILES string of the molecule is CC(C)NC(CCOP(=O)(O)O)(CC1COC(C)(C)O1)CC1COC(C)(C)O1. The monoisotopic (exact) mass is 425 g/mol. The first-order chi connectivity index (χ1) is 12.7. The first-order valence-electron chi connectivity index (χ1n) is 9.81. The third-order valence-corrected chi connectivity index (χ3v) is 5.33. The lowest BCUT2D eigenvalue weighted by Gasteiger charge is -2.40. The standard InChI is InChI=1S/C18H36NO8P/c1-13(2)19-18(7-8-25-28(20,21)22,9-14-11-23-16(3,4)26-14)10-15-12-24-17(5,6)27-15/h13-15,19H,7-12H2,1-6H3,(H2,20,21,22). The summed E-state index contributed by atoms with van der Waals surface area (Å²) in [5, 5.41) is 3.58. The maximum Gasteiger partial charge on any atom is 0.469 e. The van der Waals surface area contributed by atoms with E-state index in [2.05, 4.69) is 5.32 Å². The fraction of sp³-hybridized carbons (Fsp3) is 1.00. The Kier molecular flexibility index (Phi) is 7.74. The van der Waals surface area contributed by atoms with E-state index < -0.39 is 24.9 Å². The Hall–Kier alpha value is -0.0900. The minimum atomic E-state index is -4.54. The predicted octanol–water partition coefficient (Wildman–Crippen LogP) is 2.31. The third-order valence-electron chi connectivity index (χ3n) is 4.81.